The number of nitrogens with two attached hydrogens (primary N) is 1. The molecule has 2 aromatic rings. The lowest BCUT2D eigenvalue weighted by atomic mass is 10.1. The standard InChI is InChI=1S/C15H18FNOS/c1-10(7-8-17)14-5-6-15(19-14)12-9-11(16)3-4-13(12)18-2/h3-6,9-10H,7-8,17H2,1-2H3. The minimum atomic E-state index is -0.249. The normalized spacial score (nSPS) is 12.4. The lowest BCUT2D eigenvalue weighted by Crippen LogP contribution is -2.03. The molecule has 0 bridgehead atoms. The first-order valence-corrected chi connectivity index (χ1v) is 7.11. The first kappa shape index (κ1) is 14.0. The fraction of sp³-hybridized carbons (Fsp3) is 0.333. The number of rotatable bonds is 5. The van der Waals surface area contributed by atoms with Crippen molar-refractivity contribution >= 4 is 11.3 Å². The molecule has 102 valence electrons. The number of benzene rings is 1. The predicted octanol–water partition coefficient (Wildman–Crippen LogP) is 4.02. The lowest BCUT2D eigenvalue weighted by molar-refractivity contribution is 0.415. The zero-order valence-corrected chi connectivity index (χ0v) is 12.0. The van der Waals surface area contributed by atoms with E-state index in [-0.39, 0.29) is 5.82 Å². The van der Waals surface area contributed by atoms with Gasteiger partial charge in [-0.15, -0.1) is 11.3 Å². The SMILES string of the molecule is COc1ccc(F)cc1-c1ccc(C(C)CCN)s1. The largest absolute Gasteiger partial charge is 0.496 e. The van der Waals surface area contributed by atoms with Crippen LogP contribution < -0.4 is 10.5 Å². The van der Waals surface area contributed by atoms with Crippen molar-refractivity contribution < 1.29 is 9.13 Å². The Labute approximate surface area is 117 Å². The fourth-order valence-corrected chi connectivity index (χ4v) is 3.14. The Balaban J connectivity index is 2.34. The van der Waals surface area contributed by atoms with Crippen LogP contribution in [0.5, 0.6) is 5.75 Å². The fourth-order valence-electron chi connectivity index (χ4n) is 2.03. The second-order valence-electron chi connectivity index (χ2n) is 4.53. The second-order valence-corrected chi connectivity index (χ2v) is 5.64. The molecule has 2 rings (SSSR count). The summed E-state index contributed by atoms with van der Waals surface area (Å²) in [5.41, 5.74) is 6.39. The number of ether oxygens (including phenoxy) is 1. The first-order chi connectivity index (χ1) is 9.15. The van der Waals surface area contributed by atoms with Crippen LogP contribution in [0, 0.1) is 5.82 Å². The number of methoxy groups -OCH3 is 1. The van der Waals surface area contributed by atoms with Gasteiger partial charge in [0.2, 0.25) is 0 Å². The lowest BCUT2D eigenvalue weighted by Gasteiger charge is -2.08. The zero-order valence-electron chi connectivity index (χ0n) is 11.2. The summed E-state index contributed by atoms with van der Waals surface area (Å²) in [6.45, 7) is 2.84. The molecule has 0 aliphatic rings. The summed E-state index contributed by atoms with van der Waals surface area (Å²) in [5, 5.41) is 0. The Kier molecular flexibility index (Phi) is 4.56. The molecule has 0 aliphatic heterocycles. The van der Waals surface area contributed by atoms with Crippen molar-refractivity contribution in [1.29, 1.82) is 0 Å². The van der Waals surface area contributed by atoms with Gasteiger partial charge in [-0.25, -0.2) is 4.39 Å². The monoisotopic (exact) mass is 279 g/mol. The van der Waals surface area contributed by atoms with Gasteiger partial charge in [0.15, 0.2) is 0 Å². The van der Waals surface area contributed by atoms with Crippen LogP contribution in [0.1, 0.15) is 24.1 Å². The van der Waals surface area contributed by atoms with E-state index < -0.39 is 0 Å². The predicted molar refractivity (Wildman–Crippen MR) is 78.4 cm³/mol. The molecule has 2 N–H and O–H groups in total. The van der Waals surface area contributed by atoms with Crippen LogP contribution in [0.25, 0.3) is 10.4 Å². The highest BCUT2D eigenvalue weighted by atomic mass is 32.1. The van der Waals surface area contributed by atoms with E-state index in [0.29, 0.717) is 18.2 Å². The van der Waals surface area contributed by atoms with Gasteiger partial charge >= 0.3 is 0 Å². The summed E-state index contributed by atoms with van der Waals surface area (Å²) < 4.78 is 18.7. The summed E-state index contributed by atoms with van der Waals surface area (Å²) in [6, 6.07) is 8.69. The molecular formula is C15H18FNOS. The van der Waals surface area contributed by atoms with Gasteiger partial charge in [0.1, 0.15) is 11.6 Å². The molecule has 1 unspecified atom stereocenters. The molecule has 1 heterocycles. The van der Waals surface area contributed by atoms with E-state index in [1.54, 1.807) is 24.5 Å². The van der Waals surface area contributed by atoms with Crippen molar-refractivity contribution in [3.8, 4) is 16.2 Å². The Morgan fingerprint density at radius 3 is 2.79 bits per heavy atom. The van der Waals surface area contributed by atoms with Gasteiger partial charge in [-0.2, -0.15) is 0 Å². The van der Waals surface area contributed by atoms with Crippen molar-refractivity contribution in [2.45, 2.75) is 19.3 Å². The van der Waals surface area contributed by atoms with E-state index in [1.807, 2.05) is 6.07 Å². The van der Waals surface area contributed by atoms with E-state index in [1.165, 1.54) is 17.0 Å². The smallest absolute Gasteiger partial charge is 0.127 e. The quantitative estimate of drug-likeness (QED) is 0.897. The van der Waals surface area contributed by atoms with Gasteiger partial charge in [0.05, 0.1) is 7.11 Å². The average Bonchev–Trinajstić information content (AvgIpc) is 2.88. The summed E-state index contributed by atoms with van der Waals surface area (Å²) in [5.74, 6) is 0.880. The summed E-state index contributed by atoms with van der Waals surface area (Å²) in [6.07, 6.45) is 0.959. The van der Waals surface area contributed by atoms with Gasteiger partial charge < -0.3 is 10.5 Å². The molecular weight excluding hydrogens is 261 g/mol. The molecule has 1 atom stereocenters. The van der Waals surface area contributed by atoms with Crippen molar-refractivity contribution in [3.05, 3.63) is 41.0 Å². The molecule has 0 amide bonds. The molecule has 1 aromatic heterocycles. The molecule has 0 saturated heterocycles. The maximum atomic E-state index is 13.4. The highest BCUT2D eigenvalue weighted by Crippen LogP contribution is 2.38. The number of halogens is 1. The maximum absolute atomic E-state index is 13.4. The van der Waals surface area contributed by atoms with E-state index in [0.717, 1.165) is 16.9 Å². The topological polar surface area (TPSA) is 35.2 Å². The summed E-state index contributed by atoms with van der Waals surface area (Å²) in [7, 11) is 1.60. The number of hydrogen-bond donors (Lipinski definition) is 1. The Morgan fingerprint density at radius 2 is 2.11 bits per heavy atom. The van der Waals surface area contributed by atoms with Gasteiger partial charge in [0, 0.05) is 15.3 Å². The van der Waals surface area contributed by atoms with Crippen LogP contribution in [0.15, 0.2) is 30.3 Å². The van der Waals surface area contributed by atoms with Crippen LogP contribution in [0.3, 0.4) is 0 Å². The summed E-state index contributed by atoms with van der Waals surface area (Å²) >= 11 is 1.67. The minimum Gasteiger partial charge on any atom is -0.496 e. The molecule has 0 saturated carbocycles. The molecule has 4 heteroatoms. The average molecular weight is 279 g/mol. The van der Waals surface area contributed by atoms with Gasteiger partial charge in [-0.3, -0.25) is 0 Å². The third kappa shape index (κ3) is 3.14. The second kappa shape index (κ2) is 6.17. The first-order valence-electron chi connectivity index (χ1n) is 6.29. The minimum absolute atomic E-state index is 0.249. The van der Waals surface area contributed by atoms with Crippen molar-refractivity contribution in [3.63, 3.8) is 0 Å². The molecule has 0 spiro atoms. The molecule has 2 nitrogen and oxygen atoms in total. The highest BCUT2D eigenvalue weighted by Gasteiger charge is 2.12. The molecule has 19 heavy (non-hydrogen) atoms. The number of hydrogen-bond acceptors (Lipinski definition) is 3. The number of thiophene rings is 1. The van der Waals surface area contributed by atoms with Gasteiger partial charge in [-0.05, 0) is 49.2 Å². The third-order valence-electron chi connectivity index (χ3n) is 3.14. The van der Waals surface area contributed by atoms with Crippen LogP contribution in [0.2, 0.25) is 0 Å². The van der Waals surface area contributed by atoms with E-state index in [4.69, 9.17) is 10.5 Å². The molecule has 1 aromatic carbocycles. The maximum Gasteiger partial charge on any atom is 0.127 e. The highest BCUT2D eigenvalue weighted by molar-refractivity contribution is 7.15. The Hall–Kier alpha value is -1.39. The Morgan fingerprint density at radius 1 is 1.32 bits per heavy atom. The van der Waals surface area contributed by atoms with E-state index >= 15 is 0 Å². The van der Waals surface area contributed by atoms with Crippen LogP contribution in [0.4, 0.5) is 4.39 Å². The molecule has 0 fully saturated rings. The third-order valence-corrected chi connectivity index (χ3v) is 4.49. The van der Waals surface area contributed by atoms with Crippen molar-refractivity contribution in [2.75, 3.05) is 13.7 Å². The van der Waals surface area contributed by atoms with E-state index in [2.05, 4.69) is 13.0 Å². The van der Waals surface area contributed by atoms with Gasteiger partial charge in [0.25, 0.3) is 0 Å². The van der Waals surface area contributed by atoms with Crippen molar-refractivity contribution in [2.24, 2.45) is 5.73 Å². The summed E-state index contributed by atoms with van der Waals surface area (Å²) in [4.78, 5) is 2.29. The Bertz CT molecular complexity index is 553. The van der Waals surface area contributed by atoms with E-state index in [9.17, 15) is 4.39 Å². The zero-order chi connectivity index (χ0) is 13.8. The van der Waals surface area contributed by atoms with Crippen molar-refractivity contribution in [1.82, 2.24) is 0 Å². The van der Waals surface area contributed by atoms with Crippen LogP contribution in [-0.4, -0.2) is 13.7 Å². The van der Waals surface area contributed by atoms with Crippen LogP contribution >= 0.6 is 11.3 Å². The molecule has 0 radical (unpaired) electrons. The molecule has 0 aliphatic carbocycles. The van der Waals surface area contributed by atoms with Crippen LogP contribution in [-0.2, 0) is 0 Å². The van der Waals surface area contributed by atoms with Gasteiger partial charge in [-0.1, -0.05) is 6.92 Å².